The number of pyridine rings is 1. The van der Waals surface area contributed by atoms with Gasteiger partial charge in [-0.05, 0) is 36.2 Å². The highest BCUT2D eigenvalue weighted by atomic mass is 35.5. The maximum absolute atomic E-state index is 6.06. The highest BCUT2D eigenvalue weighted by Gasteiger charge is 2.06. The molecule has 6 heteroatoms. The molecule has 0 radical (unpaired) electrons. The number of rotatable bonds is 7. The lowest BCUT2D eigenvalue weighted by atomic mass is 10.1. The molecule has 0 aliphatic heterocycles. The highest BCUT2D eigenvalue weighted by molar-refractivity contribution is 6.30. The molecule has 0 aliphatic rings. The van der Waals surface area contributed by atoms with E-state index in [1.54, 1.807) is 20.3 Å². The number of nitrogens with one attached hydrogen (secondary N) is 1. The van der Waals surface area contributed by atoms with Crippen LogP contribution >= 0.6 is 24.0 Å². The van der Waals surface area contributed by atoms with E-state index in [4.69, 9.17) is 21.1 Å². The van der Waals surface area contributed by atoms with Crippen LogP contribution in [0.3, 0.4) is 0 Å². The van der Waals surface area contributed by atoms with Gasteiger partial charge in [0.15, 0.2) is 0 Å². The largest absolute Gasteiger partial charge is 0.495 e. The van der Waals surface area contributed by atoms with Crippen molar-refractivity contribution in [1.29, 1.82) is 0 Å². The summed E-state index contributed by atoms with van der Waals surface area (Å²) in [6, 6.07) is 9.73. The molecular weight excluding hydrogens is 335 g/mol. The van der Waals surface area contributed by atoms with Crippen LogP contribution in [0.25, 0.3) is 0 Å². The standard InChI is InChI=1S/C17H21ClN2O2.ClH/c1-12-8-13(10-14(18)9-12)11-19-7-6-15-16(21-2)4-5-17(20-15)22-3;/h4-5,8-10,19H,6-7,11H2,1-3H3;1H. The molecule has 0 unspecified atom stereocenters. The van der Waals surface area contributed by atoms with Gasteiger partial charge in [0.25, 0.3) is 0 Å². The van der Waals surface area contributed by atoms with Crippen LogP contribution in [0.15, 0.2) is 30.3 Å². The lowest BCUT2D eigenvalue weighted by Gasteiger charge is -2.10. The van der Waals surface area contributed by atoms with Crippen LogP contribution in [0, 0.1) is 6.92 Å². The Morgan fingerprint density at radius 1 is 1.13 bits per heavy atom. The van der Waals surface area contributed by atoms with Gasteiger partial charge in [0.1, 0.15) is 5.75 Å². The number of aryl methyl sites for hydroxylation is 1. The van der Waals surface area contributed by atoms with Gasteiger partial charge in [-0.25, -0.2) is 4.98 Å². The number of hydrogen-bond donors (Lipinski definition) is 1. The average molecular weight is 357 g/mol. The Hall–Kier alpha value is -1.49. The van der Waals surface area contributed by atoms with E-state index in [-0.39, 0.29) is 12.4 Å². The molecule has 0 spiro atoms. The second-order valence-electron chi connectivity index (χ2n) is 5.07. The zero-order chi connectivity index (χ0) is 15.9. The predicted molar refractivity (Wildman–Crippen MR) is 96.2 cm³/mol. The first-order valence-corrected chi connectivity index (χ1v) is 7.55. The summed E-state index contributed by atoms with van der Waals surface area (Å²) in [5.41, 5.74) is 3.23. The lowest BCUT2D eigenvalue weighted by Crippen LogP contribution is -2.17. The molecule has 0 bridgehead atoms. The summed E-state index contributed by atoms with van der Waals surface area (Å²) in [6.07, 6.45) is 0.764. The molecule has 0 saturated carbocycles. The Labute approximate surface area is 148 Å². The summed E-state index contributed by atoms with van der Waals surface area (Å²) >= 11 is 6.06. The SMILES string of the molecule is COc1ccc(OC)c(CCNCc2cc(C)cc(Cl)c2)n1.Cl. The first kappa shape index (κ1) is 19.6. The Bertz CT molecular complexity index is 616. The summed E-state index contributed by atoms with van der Waals surface area (Å²) in [5.74, 6) is 1.38. The zero-order valence-corrected chi connectivity index (χ0v) is 15.1. The third kappa shape index (κ3) is 5.90. The van der Waals surface area contributed by atoms with Gasteiger partial charge in [0, 0.05) is 30.6 Å². The molecule has 1 aromatic carbocycles. The lowest BCUT2D eigenvalue weighted by molar-refractivity contribution is 0.381. The number of hydrogen-bond acceptors (Lipinski definition) is 4. The van der Waals surface area contributed by atoms with Crippen LogP contribution < -0.4 is 14.8 Å². The van der Waals surface area contributed by atoms with Crippen molar-refractivity contribution in [3.8, 4) is 11.6 Å². The summed E-state index contributed by atoms with van der Waals surface area (Å²) < 4.78 is 10.5. The van der Waals surface area contributed by atoms with E-state index in [0.29, 0.717) is 5.88 Å². The molecule has 2 aromatic rings. The van der Waals surface area contributed by atoms with Crippen molar-refractivity contribution in [2.75, 3.05) is 20.8 Å². The van der Waals surface area contributed by atoms with Gasteiger partial charge in [0.05, 0.1) is 19.9 Å². The molecule has 0 saturated heterocycles. The Morgan fingerprint density at radius 3 is 2.57 bits per heavy atom. The maximum Gasteiger partial charge on any atom is 0.213 e. The van der Waals surface area contributed by atoms with Gasteiger partial charge >= 0.3 is 0 Å². The number of nitrogens with zero attached hydrogens (tertiary/aromatic N) is 1. The fourth-order valence-electron chi connectivity index (χ4n) is 2.30. The molecule has 1 aromatic heterocycles. The molecule has 0 atom stereocenters. The van der Waals surface area contributed by atoms with E-state index in [0.717, 1.165) is 36.0 Å². The number of halogens is 2. The molecule has 1 heterocycles. The van der Waals surface area contributed by atoms with E-state index in [2.05, 4.69) is 16.4 Å². The fraction of sp³-hybridized carbons (Fsp3) is 0.353. The van der Waals surface area contributed by atoms with Crippen molar-refractivity contribution in [1.82, 2.24) is 10.3 Å². The van der Waals surface area contributed by atoms with Gasteiger partial charge in [-0.3, -0.25) is 0 Å². The first-order valence-electron chi connectivity index (χ1n) is 7.17. The van der Waals surface area contributed by atoms with Crippen molar-refractivity contribution in [2.24, 2.45) is 0 Å². The van der Waals surface area contributed by atoms with Crippen LogP contribution in [0.1, 0.15) is 16.8 Å². The molecule has 4 nitrogen and oxygen atoms in total. The van der Waals surface area contributed by atoms with Gasteiger partial charge in [-0.15, -0.1) is 12.4 Å². The molecular formula is C17H22Cl2N2O2. The second-order valence-corrected chi connectivity index (χ2v) is 5.50. The summed E-state index contributed by atoms with van der Waals surface area (Å²) in [6.45, 7) is 3.61. The van der Waals surface area contributed by atoms with Gasteiger partial charge < -0.3 is 14.8 Å². The van der Waals surface area contributed by atoms with Gasteiger partial charge in [-0.1, -0.05) is 17.7 Å². The van der Waals surface area contributed by atoms with Gasteiger partial charge in [-0.2, -0.15) is 0 Å². The second kappa shape index (κ2) is 9.60. The molecule has 0 aliphatic carbocycles. The normalized spacial score (nSPS) is 10.1. The molecule has 126 valence electrons. The van der Waals surface area contributed by atoms with Gasteiger partial charge in [0.2, 0.25) is 5.88 Å². The number of aromatic nitrogens is 1. The third-order valence-corrected chi connectivity index (χ3v) is 3.52. The smallest absolute Gasteiger partial charge is 0.213 e. The number of methoxy groups -OCH3 is 2. The number of ether oxygens (including phenoxy) is 2. The summed E-state index contributed by atoms with van der Waals surface area (Å²) in [4.78, 5) is 4.43. The minimum absolute atomic E-state index is 0. The Morgan fingerprint density at radius 2 is 1.91 bits per heavy atom. The van der Waals surface area contributed by atoms with Crippen LogP contribution in [0.5, 0.6) is 11.6 Å². The molecule has 23 heavy (non-hydrogen) atoms. The van der Waals surface area contributed by atoms with E-state index in [1.807, 2.05) is 25.1 Å². The van der Waals surface area contributed by atoms with Crippen molar-refractivity contribution in [3.63, 3.8) is 0 Å². The Balaban J connectivity index is 0.00000264. The first-order chi connectivity index (χ1) is 10.6. The fourth-order valence-corrected chi connectivity index (χ4v) is 2.61. The molecule has 0 amide bonds. The summed E-state index contributed by atoms with van der Waals surface area (Å²) in [5, 5.41) is 4.17. The molecule has 0 fully saturated rings. The maximum atomic E-state index is 6.06. The third-order valence-electron chi connectivity index (χ3n) is 3.31. The van der Waals surface area contributed by atoms with Crippen LogP contribution in [-0.2, 0) is 13.0 Å². The molecule has 2 rings (SSSR count). The topological polar surface area (TPSA) is 43.4 Å². The van der Waals surface area contributed by atoms with Crippen molar-refractivity contribution in [3.05, 3.63) is 52.2 Å². The van der Waals surface area contributed by atoms with Crippen molar-refractivity contribution in [2.45, 2.75) is 19.9 Å². The minimum atomic E-state index is 0. The minimum Gasteiger partial charge on any atom is -0.495 e. The van der Waals surface area contributed by atoms with E-state index in [9.17, 15) is 0 Å². The van der Waals surface area contributed by atoms with Crippen molar-refractivity contribution >= 4 is 24.0 Å². The van der Waals surface area contributed by atoms with E-state index in [1.165, 1.54) is 11.1 Å². The highest BCUT2D eigenvalue weighted by Crippen LogP contribution is 2.20. The zero-order valence-electron chi connectivity index (χ0n) is 13.6. The monoisotopic (exact) mass is 356 g/mol. The van der Waals surface area contributed by atoms with E-state index < -0.39 is 0 Å². The average Bonchev–Trinajstić information content (AvgIpc) is 2.50. The van der Waals surface area contributed by atoms with Crippen LogP contribution in [0.4, 0.5) is 0 Å². The Kier molecular flexibility index (Phi) is 8.17. The quantitative estimate of drug-likeness (QED) is 0.766. The van der Waals surface area contributed by atoms with Crippen LogP contribution in [-0.4, -0.2) is 25.7 Å². The summed E-state index contributed by atoms with van der Waals surface area (Å²) in [7, 11) is 3.26. The molecule has 1 N–H and O–H groups in total. The van der Waals surface area contributed by atoms with Crippen molar-refractivity contribution < 1.29 is 9.47 Å². The van der Waals surface area contributed by atoms with Crippen LogP contribution in [0.2, 0.25) is 5.02 Å². The number of benzene rings is 1. The predicted octanol–water partition coefficient (Wildman–Crippen LogP) is 3.81. The van der Waals surface area contributed by atoms with E-state index >= 15 is 0 Å².